The number of ether oxygens (including phenoxy) is 2. The Morgan fingerprint density at radius 1 is 0.781 bits per heavy atom. The molecule has 1 aliphatic rings. The van der Waals surface area contributed by atoms with Crippen LogP contribution in [0.4, 0.5) is 0 Å². The quantitative estimate of drug-likeness (QED) is 0.564. The molecule has 0 N–H and O–H groups in total. The molecule has 1 fully saturated rings. The normalized spacial score (nSPS) is 15.0. The van der Waals surface area contributed by atoms with Gasteiger partial charge in [0.05, 0.1) is 20.8 Å². The summed E-state index contributed by atoms with van der Waals surface area (Å²) < 4.78 is 12.0. The average Bonchev–Trinajstić information content (AvgIpc) is 2.84. The Balaban J connectivity index is 1.68. The van der Waals surface area contributed by atoms with Crippen molar-refractivity contribution in [2.45, 2.75) is 6.54 Å². The molecule has 168 valence electrons. The van der Waals surface area contributed by atoms with Gasteiger partial charge in [-0.25, -0.2) is 9.48 Å². The van der Waals surface area contributed by atoms with Gasteiger partial charge in [0.25, 0.3) is 0 Å². The molecule has 1 saturated heterocycles. The van der Waals surface area contributed by atoms with E-state index in [1.165, 1.54) is 4.68 Å². The first-order valence-electron chi connectivity index (χ1n) is 10.8. The number of likely N-dealkylation sites (N-methyl/N-ethyl adjacent to an activating group) is 1. The van der Waals surface area contributed by atoms with Crippen LogP contribution in [-0.2, 0) is 6.54 Å². The van der Waals surface area contributed by atoms with Gasteiger partial charge in [-0.3, -0.25) is 4.90 Å². The standard InChI is InChI=1S/C24H29N5O3/c1-27-12-14-28(15-13-27)16-17-29-24(30)25-22(18-4-8-20(31-2)9-5-18)23(26-29)19-6-10-21(32-3)11-7-19/h4-11H,12-17H2,1-3H3. The molecule has 32 heavy (non-hydrogen) atoms. The Bertz CT molecular complexity index is 1090. The summed E-state index contributed by atoms with van der Waals surface area (Å²) in [5, 5.41) is 4.75. The first-order chi connectivity index (χ1) is 15.6. The second kappa shape index (κ2) is 9.93. The van der Waals surface area contributed by atoms with Crippen molar-refractivity contribution in [3.63, 3.8) is 0 Å². The van der Waals surface area contributed by atoms with Crippen LogP contribution in [0.25, 0.3) is 22.5 Å². The predicted molar refractivity (Wildman–Crippen MR) is 124 cm³/mol. The zero-order chi connectivity index (χ0) is 22.5. The lowest BCUT2D eigenvalue weighted by molar-refractivity contribution is 0.148. The van der Waals surface area contributed by atoms with Gasteiger partial charge in [-0.05, 0) is 55.6 Å². The first-order valence-corrected chi connectivity index (χ1v) is 10.8. The highest BCUT2D eigenvalue weighted by atomic mass is 16.5. The molecule has 0 aliphatic carbocycles. The van der Waals surface area contributed by atoms with Crippen LogP contribution in [0.3, 0.4) is 0 Å². The van der Waals surface area contributed by atoms with Gasteiger partial charge < -0.3 is 14.4 Å². The Labute approximate surface area is 188 Å². The van der Waals surface area contributed by atoms with Crippen LogP contribution in [-0.4, -0.2) is 78.6 Å². The molecular formula is C24H29N5O3. The maximum Gasteiger partial charge on any atom is 0.364 e. The molecule has 1 aromatic heterocycles. The van der Waals surface area contributed by atoms with Crippen molar-refractivity contribution in [3.05, 3.63) is 59.0 Å². The van der Waals surface area contributed by atoms with E-state index in [-0.39, 0.29) is 5.69 Å². The molecular weight excluding hydrogens is 406 g/mol. The first kappa shape index (κ1) is 22.0. The molecule has 2 aromatic carbocycles. The monoisotopic (exact) mass is 435 g/mol. The topological polar surface area (TPSA) is 72.7 Å². The van der Waals surface area contributed by atoms with Crippen molar-refractivity contribution in [1.29, 1.82) is 0 Å². The van der Waals surface area contributed by atoms with Gasteiger partial charge in [-0.1, -0.05) is 0 Å². The molecule has 2 heterocycles. The lowest BCUT2D eigenvalue weighted by atomic mass is 10.0. The zero-order valence-corrected chi connectivity index (χ0v) is 18.8. The van der Waals surface area contributed by atoms with Crippen molar-refractivity contribution in [3.8, 4) is 34.0 Å². The van der Waals surface area contributed by atoms with Crippen molar-refractivity contribution in [2.24, 2.45) is 0 Å². The van der Waals surface area contributed by atoms with Crippen molar-refractivity contribution in [1.82, 2.24) is 24.6 Å². The number of hydrogen-bond donors (Lipinski definition) is 0. The smallest absolute Gasteiger partial charge is 0.364 e. The summed E-state index contributed by atoms with van der Waals surface area (Å²) in [6.45, 7) is 5.33. The average molecular weight is 436 g/mol. The van der Waals surface area contributed by atoms with Crippen molar-refractivity contribution >= 4 is 0 Å². The van der Waals surface area contributed by atoms with Gasteiger partial charge in [-0.2, -0.15) is 10.1 Å². The Kier molecular flexibility index (Phi) is 6.82. The number of aromatic nitrogens is 3. The number of hydrogen-bond acceptors (Lipinski definition) is 7. The highest BCUT2D eigenvalue weighted by Crippen LogP contribution is 2.29. The van der Waals surface area contributed by atoms with Gasteiger partial charge in [0.1, 0.15) is 22.9 Å². The minimum atomic E-state index is -0.345. The summed E-state index contributed by atoms with van der Waals surface area (Å²) in [5.74, 6) is 1.50. The van der Waals surface area contributed by atoms with Gasteiger partial charge in [-0.15, -0.1) is 0 Å². The Morgan fingerprint density at radius 3 is 1.84 bits per heavy atom. The number of nitrogens with zero attached hydrogens (tertiary/aromatic N) is 5. The number of piperazine rings is 1. The van der Waals surface area contributed by atoms with Crippen LogP contribution in [0.5, 0.6) is 11.5 Å². The lowest BCUT2D eigenvalue weighted by Gasteiger charge is -2.32. The fraction of sp³-hybridized carbons (Fsp3) is 0.375. The SMILES string of the molecule is COc1ccc(-c2nc(=O)n(CCN3CCN(C)CC3)nc2-c2ccc(OC)cc2)cc1. The molecule has 8 nitrogen and oxygen atoms in total. The summed E-state index contributed by atoms with van der Waals surface area (Å²) in [7, 11) is 5.39. The molecule has 0 unspecified atom stereocenters. The molecule has 4 rings (SSSR count). The van der Waals surface area contributed by atoms with E-state index < -0.39 is 0 Å². The molecule has 0 spiro atoms. The van der Waals surface area contributed by atoms with E-state index in [1.807, 2.05) is 48.5 Å². The van der Waals surface area contributed by atoms with Crippen LogP contribution in [0.15, 0.2) is 53.3 Å². The largest absolute Gasteiger partial charge is 0.497 e. The Hall–Kier alpha value is -3.23. The third-order valence-electron chi connectivity index (χ3n) is 5.82. The van der Waals surface area contributed by atoms with Gasteiger partial charge in [0.15, 0.2) is 0 Å². The minimum Gasteiger partial charge on any atom is -0.497 e. The predicted octanol–water partition coefficient (Wildman–Crippen LogP) is 2.24. The maximum absolute atomic E-state index is 12.9. The summed E-state index contributed by atoms with van der Waals surface area (Å²) >= 11 is 0. The number of methoxy groups -OCH3 is 2. The number of benzene rings is 2. The van der Waals surface area contributed by atoms with Gasteiger partial charge in [0, 0.05) is 43.9 Å². The van der Waals surface area contributed by atoms with E-state index in [0.29, 0.717) is 17.9 Å². The maximum atomic E-state index is 12.9. The summed E-state index contributed by atoms with van der Waals surface area (Å²) in [6.07, 6.45) is 0. The third kappa shape index (κ3) is 4.98. The van der Waals surface area contributed by atoms with Crippen LogP contribution in [0, 0.1) is 0 Å². The molecule has 8 heteroatoms. The fourth-order valence-electron chi connectivity index (χ4n) is 3.76. The molecule has 0 radical (unpaired) electrons. The van der Waals surface area contributed by atoms with Crippen LogP contribution >= 0.6 is 0 Å². The third-order valence-corrected chi connectivity index (χ3v) is 5.82. The lowest BCUT2D eigenvalue weighted by Crippen LogP contribution is -2.46. The van der Waals surface area contributed by atoms with E-state index in [1.54, 1.807) is 14.2 Å². The summed E-state index contributed by atoms with van der Waals surface area (Å²) in [6, 6.07) is 15.1. The van der Waals surface area contributed by atoms with Crippen molar-refractivity contribution in [2.75, 3.05) is 54.0 Å². The van der Waals surface area contributed by atoms with Gasteiger partial charge >= 0.3 is 5.69 Å². The van der Waals surface area contributed by atoms with E-state index in [9.17, 15) is 4.79 Å². The van der Waals surface area contributed by atoms with E-state index in [4.69, 9.17) is 14.6 Å². The second-order valence-electron chi connectivity index (χ2n) is 7.92. The Morgan fingerprint density at radius 2 is 1.31 bits per heavy atom. The number of rotatable bonds is 7. The second-order valence-corrected chi connectivity index (χ2v) is 7.92. The highest BCUT2D eigenvalue weighted by molar-refractivity contribution is 5.77. The highest BCUT2D eigenvalue weighted by Gasteiger charge is 2.17. The van der Waals surface area contributed by atoms with Crippen molar-refractivity contribution < 1.29 is 9.47 Å². The minimum absolute atomic E-state index is 0.345. The summed E-state index contributed by atoms with van der Waals surface area (Å²) in [5.41, 5.74) is 2.56. The zero-order valence-electron chi connectivity index (χ0n) is 18.8. The molecule has 0 bridgehead atoms. The van der Waals surface area contributed by atoms with Crippen LogP contribution < -0.4 is 15.2 Å². The molecule has 1 aliphatic heterocycles. The fourth-order valence-corrected chi connectivity index (χ4v) is 3.76. The van der Waals surface area contributed by atoms with Crippen LogP contribution in [0.2, 0.25) is 0 Å². The molecule has 0 atom stereocenters. The molecule has 0 amide bonds. The van der Waals surface area contributed by atoms with Crippen LogP contribution in [0.1, 0.15) is 0 Å². The van der Waals surface area contributed by atoms with E-state index >= 15 is 0 Å². The van der Waals surface area contributed by atoms with E-state index in [0.717, 1.165) is 55.3 Å². The summed E-state index contributed by atoms with van der Waals surface area (Å²) in [4.78, 5) is 22.0. The molecule has 3 aromatic rings. The molecule has 0 saturated carbocycles. The van der Waals surface area contributed by atoms with Gasteiger partial charge in [0.2, 0.25) is 0 Å². The van der Waals surface area contributed by atoms with E-state index in [2.05, 4.69) is 21.8 Å².